The van der Waals surface area contributed by atoms with E-state index in [0.29, 0.717) is 0 Å². The maximum Gasteiger partial charge on any atom is 0.236 e. The zero-order valence-electron chi connectivity index (χ0n) is 11.5. The molecule has 0 amide bonds. The molecule has 2 aromatic heterocycles. The maximum atomic E-state index is 4.65. The first-order valence-corrected chi connectivity index (χ1v) is 6.97. The molecule has 0 radical (unpaired) electrons. The number of aryl methyl sites for hydroxylation is 1. The fraction of sp³-hybridized carbons (Fsp3) is 0.250. The molecule has 1 aliphatic heterocycles. The molecule has 3 heterocycles. The molecule has 1 aromatic carbocycles. The van der Waals surface area contributed by atoms with Crippen LogP contribution in [0.15, 0.2) is 42.7 Å². The number of anilines is 1. The second-order valence-corrected chi connectivity index (χ2v) is 5.33. The van der Waals surface area contributed by atoms with Crippen LogP contribution >= 0.6 is 0 Å². The molecule has 1 saturated heterocycles. The second kappa shape index (κ2) is 4.34. The molecule has 0 bridgehead atoms. The first-order valence-electron chi connectivity index (χ1n) is 6.97. The molecule has 20 heavy (non-hydrogen) atoms. The Morgan fingerprint density at radius 1 is 1.10 bits per heavy atom. The lowest BCUT2D eigenvalue weighted by Crippen LogP contribution is -2.37. The largest absolute Gasteiger partial charge is 0.356 e. The van der Waals surface area contributed by atoms with Gasteiger partial charge in [-0.1, -0.05) is 23.8 Å². The standard InChI is InChI=1S/C16H16N4/c1-12-4-2-5-13(10-12)14-11-20-9-6-15(18-16(20)17-14)19-7-3-8-19/h2,4-6,9-11H,3,7-8H2,1H3. The van der Waals surface area contributed by atoms with Gasteiger partial charge in [0.25, 0.3) is 0 Å². The molecule has 1 aliphatic rings. The number of aromatic nitrogens is 3. The predicted molar refractivity (Wildman–Crippen MR) is 80.0 cm³/mol. The van der Waals surface area contributed by atoms with Gasteiger partial charge in [-0.2, -0.15) is 4.98 Å². The van der Waals surface area contributed by atoms with Crippen molar-refractivity contribution in [1.29, 1.82) is 0 Å². The molecule has 0 spiro atoms. The van der Waals surface area contributed by atoms with Gasteiger partial charge in [-0.05, 0) is 25.5 Å². The van der Waals surface area contributed by atoms with Crippen LogP contribution in [0.1, 0.15) is 12.0 Å². The fourth-order valence-electron chi connectivity index (χ4n) is 2.53. The summed E-state index contributed by atoms with van der Waals surface area (Å²) in [4.78, 5) is 11.6. The average molecular weight is 264 g/mol. The van der Waals surface area contributed by atoms with Gasteiger partial charge in [0.05, 0.1) is 5.69 Å². The molecular formula is C16H16N4. The highest BCUT2D eigenvalue weighted by Crippen LogP contribution is 2.22. The highest BCUT2D eigenvalue weighted by molar-refractivity contribution is 5.62. The fourth-order valence-corrected chi connectivity index (χ4v) is 2.53. The monoisotopic (exact) mass is 264 g/mol. The smallest absolute Gasteiger partial charge is 0.236 e. The van der Waals surface area contributed by atoms with Crippen LogP contribution < -0.4 is 4.90 Å². The first kappa shape index (κ1) is 11.5. The van der Waals surface area contributed by atoms with Gasteiger partial charge in [0.2, 0.25) is 5.78 Å². The summed E-state index contributed by atoms with van der Waals surface area (Å²) in [6.07, 6.45) is 5.34. The van der Waals surface area contributed by atoms with Crippen molar-refractivity contribution in [2.75, 3.05) is 18.0 Å². The highest BCUT2D eigenvalue weighted by atomic mass is 15.2. The van der Waals surface area contributed by atoms with E-state index in [1.165, 1.54) is 12.0 Å². The number of benzene rings is 1. The van der Waals surface area contributed by atoms with E-state index in [9.17, 15) is 0 Å². The zero-order chi connectivity index (χ0) is 13.5. The minimum absolute atomic E-state index is 0.769. The molecule has 0 unspecified atom stereocenters. The molecule has 0 aliphatic carbocycles. The summed E-state index contributed by atoms with van der Waals surface area (Å²) < 4.78 is 1.99. The van der Waals surface area contributed by atoms with E-state index >= 15 is 0 Å². The van der Waals surface area contributed by atoms with Crippen molar-refractivity contribution in [3.8, 4) is 11.3 Å². The van der Waals surface area contributed by atoms with E-state index in [1.54, 1.807) is 0 Å². The molecule has 3 aromatic rings. The van der Waals surface area contributed by atoms with E-state index in [4.69, 9.17) is 0 Å². The Balaban J connectivity index is 1.78. The van der Waals surface area contributed by atoms with E-state index in [0.717, 1.165) is 35.9 Å². The molecule has 0 N–H and O–H groups in total. The van der Waals surface area contributed by atoms with Gasteiger partial charge in [0.1, 0.15) is 5.82 Å². The number of imidazole rings is 1. The Morgan fingerprint density at radius 3 is 2.75 bits per heavy atom. The number of rotatable bonds is 2. The lowest BCUT2D eigenvalue weighted by molar-refractivity contribution is 0.609. The van der Waals surface area contributed by atoms with Gasteiger partial charge < -0.3 is 4.90 Å². The first-order chi connectivity index (χ1) is 9.79. The summed E-state index contributed by atoms with van der Waals surface area (Å²) in [6, 6.07) is 10.5. The van der Waals surface area contributed by atoms with Gasteiger partial charge in [0.15, 0.2) is 0 Å². The maximum absolute atomic E-state index is 4.65. The minimum Gasteiger partial charge on any atom is -0.356 e. The normalized spacial score (nSPS) is 14.6. The Morgan fingerprint density at radius 2 is 2.00 bits per heavy atom. The van der Waals surface area contributed by atoms with Crippen molar-refractivity contribution in [2.24, 2.45) is 0 Å². The molecule has 4 heteroatoms. The average Bonchev–Trinajstić information content (AvgIpc) is 2.80. The van der Waals surface area contributed by atoms with Crippen LogP contribution in [0.4, 0.5) is 5.82 Å². The summed E-state index contributed by atoms with van der Waals surface area (Å²) in [5.74, 6) is 1.80. The van der Waals surface area contributed by atoms with E-state index in [-0.39, 0.29) is 0 Å². The predicted octanol–water partition coefficient (Wildman–Crippen LogP) is 2.91. The number of hydrogen-bond acceptors (Lipinski definition) is 3. The molecule has 100 valence electrons. The third kappa shape index (κ3) is 1.84. The van der Waals surface area contributed by atoms with Gasteiger partial charge >= 0.3 is 0 Å². The van der Waals surface area contributed by atoms with Crippen LogP contribution in [0.5, 0.6) is 0 Å². The van der Waals surface area contributed by atoms with Gasteiger partial charge in [-0.25, -0.2) is 4.98 Å². The van der Waals surface area contributed by atoms with E-state index in [2.05, 4.69) is 52.1 Å². The lowest BCUT2D eigenvalue weighted by Gasteiger charge is -2.31. The Kier molecular flexibility index (Phi) is 2.49. The van der Waals surface area contributed by atoms with Crippen LogP contribution in [0.2, 0.25) is 0 Å². The summed E-state index contributed by atoms with van der Waals surface area (Å²) in [5, 5.41) is 0. The Labute approximate surface area is 117 Å². The Hall–Kier alpha value is -2.36. The summed E-state index contributed by atoms with van der Waals surface area (Å²) in [7, 11) is 0. The summed E-state index contributed by atoms with van der Waals surface area (Å²) in [5.41, 5.74) is 3.36. The van der Waals surface area contributed by atoms with Crippen LogP contribution in [-0.4, -0.2) is 27.5 Å². The molecule has 0 atom stereocenters. The van der Waals surface area contributed by atoms with Crippen LogP contribution in [0.25, 0.3) is 17.0 Å². The van der Waals surface area contributed by atoms with E-state index < -0.39 is 0 Å². The molecule has 4 nitrogen and oxygen atoms in total. The third-order valence-electron chi connectivity index (χ3n) is 3.81. The van der Waals surface area contributed by atoms with Crippen molar-refractivity contribution >= 4 is 11.6 Å². The number of fused-ring (bicyclic) bond motifs is 1. The molecule has 1 fully saturated rings. The summed E-state index contributed by atoms with van der Waals surface area (Å²) >= 11 is 0. The van der Waals surface area contributed by atoms with Gasteiger partial charge in [-0.3, -0.25) is 4.40 Å². The lowest BCUT2D eigenvalue weighted by atomic mass is 10.1. The second-order valence-electron chi connectivity index (χ2n) is 5.33. The van der Waals surface area contributed by atoms with Crippen LogP contribution in [0.3, 0.4) is 0 Å². The van der Waals surface area contributed by atoms with E-state index in [1.807, 2.05) is 16.8 Å². The highest BCUT2D eigenvalue weighted by Gasteiger charge is 2.16. The zero-order valence-corrected chi connectivity index (χ0v) is 11.5. The summed E-state index contributed by atoms with van der Waals surface area (Å²) in [6.45, 7) is 4.31. The van der Waals surface area contributed by atoms with Crippen molar-refractivity contribution < 1.29 is 0 Å². The third-order valence-corrected chi connectivity index (χ3v) is 3.81. The van der Waals surface area contributed by atoms with Crippen molar-refractivity contribution in [3.63, 3.8) is 0 Å². The number of hydrogen-bond donors (Lipinski definition) is 0. The molecular weight excluding hydrogens is 248 g/mol. The van der Waals surface area contributed by atoms with Crippen LogP contribution in [-0.2, 0) is 0 Å². The van der Waals surface area contributed by atoms with Crippen LogP contribution in [0, 0.1) is 6.92 Å². The molecule has 0 saturated carbocycles. The quantitative estimate of drug-likeness (QED) is 0.713. The topological polar surface area (TPSA) is 33.4 Å². The number of nitrogens with zero attached hydrogens (tertiary/aromatic N) is 4. The SMILES string of the molecule is Cc1cccc(-c2cn3ccc(N4CCC4)nc3n2)c1. The van der Waals surface area contributed by atoms with Crippen molar-refractivity contribution in [2.45, 2.75) is 13.3 Å². The Bertz CT molecular complexity index is 771. The molecule has 4 rings (SSSR count). The van der Waals surface area contributed by atoms with Gasteiger partial charge in [-0.15, -0.1) is 0 Å². The van der Waals surface area contributed by atoms with Gasteiger partial charge in [0, 0.05) is 31.0 Å². The van der Waals surface area contributed by atoms with Crippen molar-refractivity contribution in [1.82, 2.24) is 14.4 Å². The minimum atomic E-state index is 0.769. The van der Waals surface area contributed by atoms with Crippen molar-refractivity contribution in [3.05, 3.63) is 48.3 Å².